The quantitative estimate of drug-likeness (QED) is 0.654. The zero-order chi connectivity index (χ0) is 22.2. The lowest BCUT2D eigenvalue weighted by atomic mass is 9.97. The number of fused-ring (bicyclic) bond motifs is 1. The van der Waals surface area contributed by atoms with Gasteiger partial charge in [0.15, 0.2) is 11.6 Å². The van der Waals surface area contributed by atoms with Crippen molar-refractivity contribution in [3.63, 3.8) is 0 Å². The Kier molecular flexibility index (Phi) is 5.53. The number of piperidine rings is 1. The van der Waals surface area contributed by atoms with Gasteiger partial charge in [-0.05, 0) is 44.0 Å². The molecule has 1 aliphatic rings. The molecule has 2 N–H and O–H groups in total. The number of aryl methyl sites for hydroxylation is 1. The Morgan fingerprint density at radius 2 is 1.74 bits per heavy atom. The molecule has 2 aromatic carbocycles. The molecule has 0 spiro atoms. The number of nitrogens with two attached hydrogens (primary N) is 1. The number of primary amides is 1. The number of rotatable bonds is 5. The topological polar surface area (TPSA) is 109 Å². The van der Waals surface area contributed by atoms with Gasteiger partial charge in [0.2, 0.25) is 5.91 Å². The van der Waals surface area contributed by atoms with Crippen molar-refractivity contribution in [2.45, 2.75) is 24.7 Å². The van der Waals surface area contributed by atoms with Gasteiger partial charge in [-0.3, -0.25) is 4.79 Å². The van der Waals surface area contributed by atoms with Crippen LogP contribution in [0.5, 0.6) is 0 Å². The fraction of sp³-hybridized carbons (Fsp3) is 0.318. The van der Waals surface area contributed by atoms with Crippen molar-refractivity contribution < 1.29 is 13.2 Å². The number of hydrogen-bond donors (Lipinski definition) is 1. The zero-order valence-electron chi connectivity index (χ0n) is 17.5. The van der Waals surface area contributed by atoms with Crippen molar-refractivity contribution in [2.24, 2.45) is 11.7 Å². The molecule has 1 fully saturated rings. The molecule has 9 heteroatoms. The molecule has 0 radical (unpaired) electrons. The highest BCUT2D eigenvalue weighted by Gasteiger charge is 2.31. The maximum atomic E-state index is 13.4. The molecule has 8 nitrogen and oxygen atoms in total. The molecule has 0 bridgehead atoms. The Balaban J connectivity index is 1.83. The lowest BCUT2D eigenvalue weighted by Gasteiger charge is -2.34. The van der Waals surface area contributed by atoms with Crippen molar-refractivity contribution >= 4 is 38.6 Å². The number of sulfonamides is 1. The molecule has 2 heterocycles. The van der Waals surface area contributed by atoms with Crippen LogP contribution < -0.4 is 14.9 Å². The van der Waals surface area contributed by atoms with Crippen LogP contribution in [0.1, 0.15) is 18.4 Å². The number of benzene rings is 2. The maximum absolute atomic E-state index is 13.4. The molecular formula is C22H25N5O3S. The average Bonchev–Trinajstić information content (AvgIpc) is 2.78. The van der Waals surface area contributed by atoms with Gasteiger partial charge in [0, 0.05) is 20.1 Å². The lowest BCUT2D eigenvalue weighted by molar-refractivity contribution is -0.122. The Labute approximate surface area is 181 Å². The predicted octanol–water partition coefficient (Wildman–Crippen LogP) is 2.47. The van der Waals surface area contributed by atoms with E-state index in [0.717, 1.165) is 12.0 Å². The second-order valence-corrected chi connectivity index (χ2v) is 9.80. The van der Waals surface area contributed by atoms with Crippen LogP contribution in [0.25, 0.3) is 11.0 Å². The molecule has 1 amide bonds. The second kappa shape index (κ2) is 8.14. The molecule has 1 aromatic heterocycles. The van der Waals surface area contributed by atoms with Crippen LogP contribution >= 0.6 is 0 Å². The first kappa shape index (κ1) is 21.0. The fourth-order valence-electron chi connectivity index (χ4n) is 3.79. The molecule has 4 rings (SSSR count). The van der Waals surface area contributed by atoms with E-state index in [1.54, 1.807) is 30.3 Å². The molecule has 162 valence electrons. The normalized spacial score (nSPS) is 17.0. The van der Waals surface area contributed by atoms with E-state index < -0.39 is 10.0 Å². The summed E-state index contributed by atoms with van der Waals surface area (Å²) in [5.41, 5.74) is 7.77. The minimum absolute atomic E-state index is 0.176. The van der Waals surface area contributed by atoms with Crippen LogP contribution in [0.3, 0.4) is 0 Å². The van der Waals surface area contributed by atoms with Gasteiger partial charge in [0.25, 0.3) is 10.0 Å². The summed E-state index contributed by atoms with van der Waals surface area (Å²) >= 11 is 0. The second-order valence-electron chi connectivity index (χ2n) is 7.83. The Morgan fingerprint density at radius 1 is 1.10 bits per heavy atom. The van der Waals surface area contributed by atoms with Crippen molar-refractivity contribution in [2.75, 3.05) is 29.3 Å². The third-order valence-electron chi connectivity index (χ3n) is 5.64. The van der Waals surface area contributed by atoms with Gasteiger partial charge in [-0.2, -0.15) is 0 Å². The van der Waals surface area contributed by atoms with Gasteiger partial charge >= 0.3 is 0 Å². The third-order valence-corrected chi connectivity index (χ3v) is 7.40. The third kappa shape index (κ3) is 4.05. The minimum atomic E-state index is -3.86. The first-order chi connectivity index (χ1) is 14.8. The Hall–Kier alpha value is -3.20. The largest absolute Gasteiger partial charge is 0.369 e. The molecule has 0 aliphatic carbocycles. The fourth-order valence-corrected chi connectivity index (χ4v) is 4.94. The van der Waals surface area contributed by atoms with Crippen molar-refractivity contribution in [3.05, 3.63) is 54.1 Å². The highest BCUT2D eigenvalue weighted by atomic mass is 32.2. The highest BCUT2D eigenvalue weighted by Crippen LogP contribution is 2.33. The number of hydrogen-bond acceptors (Lipinski definition) is 6. The van der Waals surface area contributed by atoms with Gasteiger partial charge in [-0.15, -0.1) is 0 Å². The predicted molar refractivity (Wildman–Crippen MR) is 120 cm³/mol. The number of anilines is 2. The first-order valence-electron chi connectivity index (χ1n) is 10.1. The van der Waals surface area contributed by atoms with Gasteiger partial charge in [0.1, 0.15) is 0 Å². The van der Waals surface area contributed by atoms with E-state index in [2.05, 4.69) is 4.98 Å². The van der Waals surface area contributed by atoms with E-state index in [0.29, 0.717) is 36.4 Å². The lowest BCUT2D eigenvalue weighted by Crippen LogP contribution is -2.42. The summed E-state index contributed by atoms with van der Waals surface area (Å²) in [6.07, 6.45) is 1.47. The van der Waals surface area contributed by atoms with Crippen molar-refractivity contribution in [1.82, 2.24) is 9.97 Å². The number of carbonyl (C=O) groups is 1. The molecule has 1 aliphatic heterocycles. The Bertz CT molecular complexity index is 1230. The van der Waals surface area contributed by atoms with Crippen LogP contribution in [0.2, 0.25) is 0 Å². The summed E-state index contributed by atoms with van der Waals surface area (Å²) in [5, 5.41) is 0. The molecule has 3 aromatic rings. The van der Waals surface area contributed by atoms with Gasteiger partial charge < -0.3 is 10.6 Å². The van der Waals surface area contributed by atoms with Crippen molar-refractivity contribution in [1.29, 1.82) is 0 Å². The van der Waals surface area contributed by atoms with Gasteiger partial charge in [-0.1, -0.05) is 29.8 Å². The van der Waals surface area contributed by atoms with E-state index in [4.69, 9.17) is 10.7 Å². The van der Waals surface area contributed by atoms with E-state index in [-0.39, 0.29) is 22.5 Å². The molecule has 31 heavy (non-hydrogen) atoms. The summed E-state index contributed by atoms with van der Waals surface area (Å²) in [6.45, 7) is 2.93. The van der Waals surface area contributed by atoms with Crippen molar-refractivity contribution in [3.8, 4) is 0 Å². The molecule has 1 saturated heterocycles. The zero-order valence-corrected chi connectivity index (χ0v) is 18.3. The monoisotopic (exact) mass is 439 g/mol. The number of aromatic nitrogens is 2. The average molecular weight is 440 g/mol. The summed E-state index contributed by atoms with van der Waals surface area (Å²) in [5.74, 6) is -0.0123. The standard InChI is InChI=1S/C22H25N5O3S/c1-15-9-11-17(12-10-15)31(29,30)26(2)21-22(25-19-8-4-3-7-18(19)24-21)27-13-5-6-16(14-27)20(23)28/h3-4,7-12,16H,5-6,13-14H2,1-2H3,(H2,23,28)/t16-/m0/s1. The van der Waals surface area contributed by atoms with Crippen LogP contribution in [0.15, 0.2) is 53.4 Å². The number of nitrogens with zero attached hydrogens (tertiary/aromatic N) is 4. The SMILES string of the molecule is Cc1ccc(S(=O)(=O)N(C)c2nc3ccccc3nc2N2CCC[C@H](C(N)=O)C2)cc1. The van der Waals surface area contributed by atoms with Crippen LogP contribution in [0.4, 0.5) is 11.6 Å². The molecule has 1 atom stereocenters. The van der Waals surface area contributed by atoms with Crippen LogP contribution in [-0.2, 0) is 14.8 Å². The summed E-state index contributed by atoms with van der Waals surface area (Å²) in [4.78, 5) is 23.3. The number of para-hydroxylation sites is 2. The summed E-state index contributed by atoms with van der Waals surface area (Å²) in [7, 11) is -2.38. The van der Waals surface area contributed by atoms with E-state index in [1.165, 1.54) is 11.4 Å². The summed E-state index contributed by atoms with van der Waals surface area (Å²) < 4.78 is 27.9. The van der Waals surface area contributed by atoms with E-state index in [1.807, 2.05) is 30.0 Å². The van der Waals surface area contributed by atoms with Gasteiger partial charge in [-0.25, -0.2) is 22.7 Å². The van der Waals surface area contributed by atoms with Crippen LogP contribution in [-0.4, -0.2) is 44.4 Å². The van der Waals surface area contributed by atoms with E-state index in [9.17, 15) is 13.2 Å². The number of amides is 1. The molecule has 0 unspecified atom stereocenters. The Morgan fingerprint density at radius 3 is 2.39 bits per heavy atom. The summed E-state index contributed by atoms with van der Waals surface area (Å²) in [6, 6.07) is 14.0. The minimum Gasteiger partial charge on any atom is -0.369 e. The van der Waals surface area contributed by atoms with E-state index >= 15 is 0 Å². The van der Waals surface area contributed by atoms with Crippen LogP contribution in [0, 0.1) is 12.8 Å². The molecular weight excluding hydrogens is 414 g/mol. The number of carbonyl (C=O) groups excluding carboxylic acids is 1. The first-order valence-corrected chi connectivity index (χ1v) is 11.6. The molecule has 0 saturated carbocycles. The smallest absolute Gasteiger partial charge is 0.265 e. The van der Waals surface area contributed by atoms with Gasteiger partial charge in [0.05, 0.1) is 21.8 Å². The maximum Gasteiger partial charge on any atom is 0.265 e. The highest BCUT2D eigenvalue weighted by molar-refractivity contribution is 7.92.